The van der Waals surface area contributed by atoms with Crippen LogP contribution in [-0.4, -0.2) is 25.1 Å². The summed E-state index contributed by atoms with van der Waals surface area (Å²) in [6, 6.07) is 9.45. The second kappa shape index (κ2) is 5.02. The molecular weight excluding hydrogens is 288 g/mol. The van der Waals surface area contributed by atoms with Gasteiger partial charge in [0.15, 0.2) is 0 Å². The Morgan fingerprint density at radius 3 is 2.48 bits per heavy atom. The zero-order valence-corrected chi connectivity index (χ0v) is 12.8. The van der Waals surface area contributed by atoms with E-state index in [1.54, 1.807) is 0 Å². The molecule has 114 valence electrons. The highest BCUT2D eigenvalue weighted by molar-refractivity contribution is 7.91. The summed E-state index contributed by atoms with van der Waals surface area (Å²) in [7, 11) is -3.49. The first-order valence-corrected chi connectivity index (χ1v) is 8.92. The van der Waals surface area contributed by atoms with E-state index in [1.807, 2.05) is 37.3 Å². The Kier molecular flexibility index (Phi) is 3.43. The molecule has 0 heterocycles. The van der Waals surface area contributed by atoms with Gasteiger partial charge in [0.1, 0.15) is 5.54 Å². The van der Waals surface area contributed by atoms with Crippen LogP contribution in [0.15, 0.2) is 30.3 Å². The van der Waals surface area contributed by atoms with Crippen LogP contribution in [0, 0.1) is 5.92 Å². The minimum absolute atomic E-state index is 0.173. The number of carbonyl (C=O) groups excluding carboxylic acids is 1. The Labute approximate surface area is 125 Å². The molecule has 2 atom stereocenters. The number of rotatable bonds is 6. The normalized spacial score (nSPS) is 28.0. The van der Waals surface area contributed by atoms with Crippen LogP contribution in [0.4, 0.5) is 5.69 Å². The zero-order chi connectivity index (χ0) is 15.1. The highest BCUT2D eigenvalue weighted by Crippen LogP contribution is 2.48. The van der Waals surface area contributed by atoms with Crippen molar-refractivity contribution in [2.45, 2.75) is 43.4 Å². The smallest absolute Gasteiger partial charge is 0.259 e. The molecule has 3 rings (SSSR count). The molecule has 0 spiro atoms. The maximum absolute atomic E-state index is 12.5. The zero-order valence-electron chi connectivity index (χ0n) is 12.0. The molecule has 1 aromatic rings. The van der Waals surface area contributed by atoms with Gasteiger partial charge in [-0.3, -0.25) is 9.52 Å². The second-order valence-electron chi connectivity index (χ2n) is 5.95. The number of benzene rings is 1. The Morgan fingerprint density at radius 2 is 1.95 bits per heavy atom. The minimum Gasteiger partial charge on any atom is -0.371 e. The molecule has 2 saturated carbocycles. The molecule has 0 radical (unpaired) electrons. The molecule has 0 bridgehead atoms. The van der Waals surface area contributed by atoms with Gasteiger partial charge in [0, 0.05) is 5.69 Å². The van der Waals surface area contributed by atoms with E-state index >= 15 is 0 Å². The summed E-state index contributed by atoms with van der Waals surface area (Å²) < 4.78 is 26.2. The Hall–Kier alpha value is -1.56. The molecule has 0 unspecified atom stereocenters. The Balaban J connectivity index is 1.76. The molecule has 2 aliphatic rings. The first-order valence-electron chi connectivity index (χ1n) is 7.37. The van der Waals surface area contributed by atoms with E-state index in [1.165, 1.54) is 0 Å². The van der Waals surface area contributed by atoms with Crippen LogP contribution in [0.2, 0.25) is 0 Å². The van der Waals surface area contributed by atoms with Crippen LogP contribution in [0.1, 0.15) is 32.6 Å². The molecule has 21 heavy (non-hydrogen) atoms. The van der Waals surface area contributed by atoms with Gasteiger partial charge in [-0.05, 0) is 37.3 Å². The number of hydrogen-bond donors (Lipinski definition) is 2. The van der Waals surface area contributed by atoms with Gasteiger partial charge < -0.3 is 5.32 Å². The summed E-state index contributed by atoms with van der Waals surface area (Å²) in [4.78, 5) is 12.5. The van der Waals surface area contributed by atoms with Gasteiger partial charge in [0.05, 0.1) is 5.25 Å². The number of sulfonamides is 1. The molecule has 0 aromatic heterocycles. The van der Waals surface area contributed by atoms with Gasteiger partial charge in [0.25, 0.3) is 5.91 Å². The summed E-state index contributed by atoms with van der Waals surface area (Å²) in [5.74, 6) is -0.239. The minimum atomic E-state index is -3.49. The van der Waals surface area contributed by atoms with E-state index < -0.39 is 21.5 Å². The van der Waals surface area contributed by atoms with Crippen LogP contribution in [0.3, 0.4) is 0 Å². The third-order valence-corrected chi connectivity index (χ3v) is 6.16. The molecule has 0 saturated heterocycles. The van der Waals surface area contributed by atoms with Crippen molar-refractivity contribution in [2.24, 2.45) is 5.92 Å². The van der Waals surface area contributed by atoms with E-state index in [4.69, 9.17) is 0 Å². The van der Waals surface area contributed by atoms with Gasteiger partial charge >= 0.3 is 0 Å². The third-order valence-electron chi connectivity index (χ3n) is 4.34. The number of amides is 1. The molecule has 5 nitrogen and oxygen atoms in total. The fourth-order valence-corrected chi connectivity index (χ4v) is 4.14. The van der Waals surface area contributed by atoms with Crippen molar-refractivity contribution in [1.82, 2.24) is 4.72 Å². The SMILES string of the molecule is CC[C@H]1C[C@]1(Nc1ccccc1)C(=O)NS(=O)(=O)C1CC1. The largest absolute Gasteiger partial charge is 0.371 e. The van der Waals surface area contributed by atoms with Crippen LogP contribution in [0.5, 0.6) is 0 Å². The van der Waals surface area contributed by atoms with Crippen molar-refractivity contribution in [3.63, 3.8) is 0 Å². The first-order chi connectivity index (χ1) is 9.98. The molecule has 2 aliphatic carbocycles. The standard InChI is InChI=1S/C15H20N2O3S/c1-2-11-10-15(11,16-12-6-4-3-5-7-12)14(18)17-21(19,20)13-8-9-13/h3-7,11,13,16H,2,8-10H2,1H3,(H,17,18)/t11-,15+/m0/s1. The first kappa shape index (κ1) is 14.4. The average Bonchev–Trinajstić information content (AvgIpc) is 3.34. The molecule has 0 aliphatic heterocycles. The molecular formula is C15H20N2O3S. The number of carbonyl (C=O) groups is 1. The predicted molar refractivity (Wildman–Crippen MR) is 81.3 cm³/mol. The topological polar surface area (TPSA) is 75.3 Å². The molecule has 2 fully saturated rings. The Bertz CT molecular complexity index is 640. The van der Waals surface area contributed by atoms with Gasteiger partial charge in [-0.15, -0.1) is 0 Å². The summed E-state index contributed by atoms with van der Waals surface area (Å²) in [5, 5.41) is 2.86. The van der Waals surface area contributed by atoms with Crippen molar-refractivity contribution in [2.75, 3.05) is 5.32 Å². The van der Waals surface area contributed by atoms with Crippen molar-refractivity contribution < 1.29 is 13.2 Å². The molecule has 6 heteroatoms. The van der Waals surface area contributed by atoms with Gasteiger partial charge in [-0.25, -0.2) is 8.42 Å². The van der Waals surface area contributed by atoms with Crippen LogP contribution < -0.4 is 10.0 Å². The molecule has 1 aromatic carbocycles. The van der Waals surface area contributed by atoms with E-state index in [9.17, 15) is 13.2 Å². The molecule has 2 N–H and O–H groups in total. The quantitative estimate of drug-likeness (QED) is 0.841. The van der Waals surface area contributed by atoms with E-state index in [0.29, 0.717) is 19.3 Å². The van der Waals surface area contributed by atoms with Crippen molar-refractivity contribution in [3.8, 4) is 0 Å². The number of nitrogens with one attached hydrogen (secondary N) is 2. The maximum Gasteiger partial charge on any atom is 0.259 e. The third kappa shape index (κ3) is 2.77. The van der Waals surface area contributed by atoms with E-state index in [0.717, 1.165) is 12.1 Å². The van der Waals surface area contributed by atoms with Crippen LogP contribution in [0.25, 0.3) is 0 Å². The summed E-state index contributed by atoms with van der Waals surface area (Å²) in [5.41, 5.74) is 0.0605. The maximum atomic E-state index is 12.5. The summed E-state index contributed by atoms with van der Waals surface area (Å²) in [6.45, 7) is 2.02. The van der Waals surface area contributed by atoms with Gasteiger partial charge in [-0.1, -0.05) is 31.5 Å². The number of hydrogen-bond acceptors (Lipinski definition) is 4. The lowest BCUT2D eigenvalue weighted by molar-refractivity contribution is -0.121. The van der Waals surface area contributed by atoms with Crippen molar-refractivity contribution >= 4 is 21.6 Å². The predicted octanol–water partition coefficient (Wildman–Crippen LogP) is 1.88. The van der Waals surface area contributed by atoms with Crippen LogP contribution >= 0.6 is 0 Å². The van der Waals surface area contributed by atoms with E-state index in [-0.39, 0.29) is 11.2 Å². The van der Waals surface area contributed by atoms with Gasteiger partial charge in [0.2, 0.25) is 10.0 Å². The van der Waals surface area contributed by atoms with Crippen molar-refractivity contribution in [3.05, 3.63) is 30.3 Å². The van der Waals surface area contributed by atoms with E-state index in [2.05, 4.69) is 10.0 Å². The van der Waals surface area contributed by atoms with Crippen LogP contribution in [-0.2, 0) is 14.8 Å². The lowest BCUT2D eigenvalue weighted by Gasteiger charge is -2.20. The number of para-hydroxylation sites is 1. The fraction of sp³-hybridized carbons (Fsp3) is 0.533. The summed E-state index contributed by atoms with van der Waals surface area (Å²) >= 11 is 0. The average molecular weight is 308 g/mol. The highest BCUT2D eigenvalue weighted by Gasteiger charge is 2.60. The molecule has 1 amide bonds. The monoisotopic (exact) mass is 308 g/mol. The lowest BCUT2D eigenvalue weighted by Crippen LogP contribution is -2.46. The summed E-state index contributed by atoms with van der Waals surface area (Å²) in [6.07, 6.45) is 2.82. The van der Waals surface area contributed by atoms with Gasteiger partial charge in [-0.2, -0.15) is 0 Å². The second-order valence-corrected chi connectivity index (χ2v) is 7.91. The number of anilines is 1. The Morgan fingerprint density at radius 1 is 1.29 bits per heavy atom. The van der Waals surface area contributed by atoms with Crippen molar-refractivity contribution in [1.29, 1.82) is 0 Å². The lowest BCUT2D eigenvalue weighted by atomic mass is 10.1. The fourth-order valence-electron chi connectivity index (χ4n) is 2.77. The highest BCUT2D eigenvalue weighted by atomic mass is 32.2.